The number of rotatable bonds is 4. The van der Waals surface area contributed by atoms with Gasteiger partial charge in [0.2, 0.25) is 11.7 Å². The van der Waals surface area contributed by atoms with Gasteiger partial charge in [-0.25, -0.2) is 4.98 Å². The van der Waals surface area contributed by atoms with E-state index >= 15 is 0 Å². The van der Waals surface area contributed by atoms with E-state index in [1.807, 2.05) is 0 Å². The van der Waals surface area contributed by atoms with Gasteiger partial charge in [0.25, 0.3) is 0 Å². The van der Waals surface area contributed by atoms with Crippen molar-refractivity contribution in [3.8, 4) is 29.5 Å². The minimum atomic E-state index is -0.319. The summed E-state index contributed by atoms with van der Waals surface area (Å²) in [5, 5.41) is 0. The molecule has 0 amide bonds. The number of nitrogens with zero attached hydrogens (tertiary/aromatic N) is 2. The van der Waals surface area contributed by atoms with Crippen LogP contribution in [-0.4, -0.2) is 37.1 Å². The van der Waals surface area contributed by atoms with Gasteiger partial charge in [0.05, 0.1) is 27.5 Å². The van der Waals surface area contributed by atoms with Crippen LogP contribution in [0.4, 0.5) is 0 Å². The van der Waals surface area contributed by atoms with Gasteiger partial charge in [-0.05, 0) is 30.2 Å². The fourth-order valence-corrected chi connectivity index (χ4v) is 1.63. The number of hydrogen-bond donors (Lipinski definition) is 0. The summed E-state index contributed by atoms with van der Waals surface area (Å²) < 4.78 is 15.0. The third-order valence-electron chi connectivity index (χ3n) is 2.77. The van der Waals surface area contributed by atoms with Crippen molar-refractivity contribution < 1.29 is 19.0 Å². The van der Waals surface area contributed by atoms with Gasteiger partial charge >= 0.3 is 6.01 Å². The zero-order chi connectivity index (χ0) is 15.9. The van der Waals surface area contributed by atoms with Gasteiger partial charge in [-0.15, -0.1) is 0 Å². The van der Waals surface area contributed by atoms with Crippen molar-refractivity contribution in [3.63, 3.8) is 0 Å². The van der Waals surface area contributed by atoms with Gasteiger partial charge in [0, 0.05) is 5.56 Å². The monoisotopic (exact) mass is 298 g/mol. The highest BCUT2D eigenvalue weighted by Gasteiger charge is 2.07. The molecule has 0 saturated heterocycles. The summed E-state index contributed by atoms with van der Waals surface area (Å²) in [6, 6.07) is 6.87. The van der Waals surface area contributed by atoms with Crippen molar-refractivity contribution in [2.75, 3.05) is 21.3 Å². The normalized spacial score (nSPS) is 9.41. The average Bonchev–Trinajstić information content (AvgIpc) is 2.59. The molecule has 0 bridgehead atoms. The first kappa shape index (κ1) is 15.3. The molecule has 0 unspecified atom stereocenters. The first-order valence-corrected chi connectivity index (χ1v) is 6.33. The SMILES string of the molecule is COc1ccc(C(=O)C#Cc2cnc(OC)nc2OC)cc1. The van der Waals surface area contributed by atoms with E-state index in [2.05, 4.69) is 21.8 Å². The van der Waals surface area contributed by atoms with Gasteiger partial charge in [0.15, 0.2) is 0 Å². The van der Waals surface area contributed by atoms with Crippen LogP contribution in [-0.2, 0) is 0 Å². The van der Waals surface area contributed by atoms with E-state index in [1.54, 1.807) is 31.4 Å². The summed E-state index contributed by atoms with van der Waals surface area (Å²) in [5.41, 5.74) is 0.881. The highest BCUT2D eigenvalue weighted by Crippen LogP contribution is 2.16. The highest BCUT2D eigenvalue weighted by molar-refractivity contribution is 6.09. The van der Waals surface area contributed by atoms with Crippen LogP contribution in [0.2, 0.25) is 0 Å². The van der Waals surface area contributed by atoms with E-state index in [-0.39, 0.29) is 17.7 Å². The first-order chi connectivity index (χ1) is 10.7. The predicted molar refractivity (Wildman–Crippen MR) is 79.3 cm³/mol. The van der Waals surface area contributed by atoms with Crippen LogP contribution in [0, 0.1) is 11.8 Å². The lowest BCUT2D eigenvalue weighted by molar-refractivity contribution is 0.105. The number of benzene rings is 1. The molecule has 1 aromatic carbocycles. The molecule has 2 rings (SSSR count). The zero-order valence-electron chi connectivity index (χ0n) is 12.4. The number of hydrogen-bond acceptors (Lipinski definition) is 6. The minimum absolute atomic E-state index is 0.170. The number of Topliss-reactive ketones (excluding diaryl/α,β-unsaturated/α-hetero) is 1. The summed E-state index contributed by atoms with van der Waals surface area (Å²) >= 11 is 0. The summed E-state index contributed by atoms with van der Waals surface area (Å²) in [6.45, 7) is 0. The highest BCUT2D eigenvalue weighted by atomic mass is 16.5. The Morgan fingerprint density at radius 2 is 1.77 bits per heavy atom. The van der Waals surface area contributed by atoms with E-state index in [0.717, 1.165) is 0 Å². The van der Waals surface area contributed by atoms with Crippen molar-refractivity contribution in [1.82, 2.24) is 9.97 Å². The lowest BCUT2D eigenvalue weighted by Crippen LogP contribution is -1.99. The molecule has 0 atom stereocenters. The van der Waals surface area contributed by atoms with Crippen LogP contribution in [0.5, 0.6) is 17.6 Å². The second-order valence-corrected chi connectivity index (χ2v) is 4.09. The van der Waals surface area contributed by atoms with Crippen molar-refractivity contribution in [1.29, 1.82) is 0 Å². The molecule has 0 aliphatic heterocycles. The van der Waals surface area contributed by atoms with E-state index in [0.29, 0.717) is 16.9 Å². The van der Waals surface area contributed by atoms with Gasteiger partial charge in [-0.1, -0.05) is 5.92 Å². The van der Waals surface area contributed by atoms with Crippen LogP contribution < -0.4 is 14.2 Å². The number of aromatic nitrogens is 2. The van der Waals surface area contributed by atoms with E-state index in [9.17, 15) is 4.79 Å². The topological polar surface area (TPSA) is 70.5 Å². The smallest absolute Gasteiger partial charge is 0.319 e. The third kappa shape index (κ3) is 3.52. The molecule has 0 spiro atoms. The Balaban J connectivity index is 2.23. The average molecular weight is 298 g/mol. The molecule has 0 fully saturated rings. The van der Waals surface area contributed by atoms with Crippen LogP contribution in [0.1, 0.15) is 15.9 Å². The number of carbonyl (C=O) groups excluding carboxylic acids is 1. The molecule has 0 aliphatic carbocycles. The molecule has 0 N–H and O–H groups in total. The van der Waals surface area contributed by atoms with Crippen molar-refractivity contribution >= 4 is 5.78 Å². The standard InChI is InChI=1S/C16H14N2O4/c1-20-13-7-4-11(5-8-13)14(19)9-6-12-10-17-16(22-3)18-15(12)21-2/h4-5,7-8,10H,1-3H3. The molecule has 6 nitrogen and oxygen atoms in total. The summed E-state index contributed by atoms with van der Waals surface area (Å²) in [7, 11) is 4.47. The Kier molecular flexibility index (Phi) is 4.94. The first-order valence-electron chi connectivity index (χ1n) is 6.33. The Bertz CT molecular complexity index is 730. The Morgan fingerprint density at radius 1 is 1.05 bits per heavy atom. The van der Waals surface area contributed by atoms with Gasteiger partial charge in [0.1, 0.15) is 11.3 Å². The minimum Gasteiger partial charge on any atom is -0.497 e. The maximum absolute atomic E-state index is 12.0. The summed E-state index contributed by atoms with van der Waals surface area (Å²) in [4.78, 5) is 20.0. The van der Waals surface area contributed by atoms with E-state index in [1.165, 1.54) is 20.4 Å². The van der Waals surface area contributed by atoms with Crippen LogP contribution in [0.3, 0.4) is 0 Å². The molecule has 112 valence electrons. The molecule has 6 heteroatoms. The quantitative estimate of drug-likeness (QED) is 0.632. The molecule has 2 aromatic rings. The molecule has 1 aromatic heterocycles. The number of ketones is 1. The van der Waals surface area contributed by atoms with Crippen LogP contribution in [0.25, 0.3) is 0 Å². The molecule has 22 heavy (non-hydrogen) atoms. The fourth-order valence-electron chi connectivity index (χ4n) is 1.63. The molecular formula is C16H14N2O4. The van der Waals surface area contributed by atoms with Crippen molar-refractivity contribution in [2.45, 2.75) is 0 Å². The Hall–Kier alpha value is -3.07. The molecular weight excluding hydrogens is 284 g/mol. The van der Waals surface area contributed by atoms with Crippen molar-refractivity contribution in [3.05, 3.63) is 41.6 Å². The van der Waals surface area contributed by atoms with Gasteiger partial charge < -0.3 is 14.2 Å². The lowest BCUT2D eigenvalue weighted by atomic mass is 10.1. The number of carbonyl (C=O) groups is 1. The zero-order valence-corrected chi connectivity index (χ0v) is 12.4. The lowest BCUT2D eigenvalue weighted by Gasteiger charge is -2.03. The van der Waals surface area contributed by atoms with Gasteiger partial charge in [-0.3, -0.25) is 4.79 Å². The molecule has 0 aliphatic rings. The van der Waals surface area contributed by atoms with E-state index < -0.39 is 0 Å². The maximum atomic E-state index is 12.0. The van der Waals surface area contributed by atoms with Crippen molar-refractivity contribution in [2.24, 2.45) is 0 Å². The van der Waals surface area contributed by atoms with E-state index in [4.69, 9.17) is 14.2 Å². The van der Waals surface area contributed by atoms with Crippen LogP contribution >= 0.6 is 0 Å². The maximum Gasteiger partial charge on any atom is 0.319 e. The predicted octanol–water partition coefficient (Wildman–Crippen LogP) is 1.74. The fraction of sp³-hybridized carbons (Fsp3) is 0.188. The number of methoxy groups -OCH3 is 3. The summed E-state index contributed by atoms with van der Waals surface area (Å²) in [5.74, 6) is 5.85. The number of ether oxygens (including phenoxy) is 3. The van der Waals surface area contributed by atoms with Gasteiger partial charge in [-0.2, -0.15) is 4.98 Å². The second kappa shape index (κ2) is 7.09. The van der Waals surface area contributed by atoms with Crippen LogP contribution in [0.15, 0.2) is 30.5 Å². The third-order valence-corrected chi connectivity index (χ3v) is 2.77. The molecule has 0 radical (unpaired) electrons. The second-order valence-electron chi connectivity index (χ2n) is 4.09. The Morgan fingerprint density at radius 3 is 2.36 bits per heavy atom. The Labute approximate surface area is 128 Å². The largest absolute Gasteiger partial charge is 0.497 e. The molecule has 1 heterocycles. The summed E-state index contributed by atoms with van der Waals surface area (Å²) in [6.07, 6.45) is 1.44. The molecule has 0 saturated carbocycles.